The van der Waals surface area contributed by atoms with Crippen molar-refractivity contribution in [3.05, 3.63) is 108 Å². The molecular formula is C40H33N9O19S5. The quantitative estimate of drug-likeness (QED) is 0.0141. The number of aromatic hydroxyl groups is 1. The van der Waals surface area contributed by atoms with Gasteiger partial charge in [0, 0.05) is 41.0 Å². The van der Waals surface area contributed by atoms with Crippen LogP contribution in [-0.2, 0) is 49.8 Å². The molecule has 0 bridgehead atoms. The van der Waals surface area contributed by atoms with E-state index < -0.39 is 106 Å². The van der Waals surface area contributed by atoms with E-state index in [1.165, 1.54) is 60.5 Å². The molecule has 1 aromatic heterocycles. The lowest BCUT2D eigenvalue weighted by Gasteiger charge is -2.18. The first-order valence-electron chi connectivity index (χ1n) is 19.8. The number of hydrogen-bond donors (Lipinski definition) is 10. The second kappa shape index (κ2) is 20.9. The summed E-state index contributed by atoms with van der Waals surface area (Å²) in [6, 6.07) is 18.8. The summed E-state index contributed by atoms with van der Waals surface area (Å²) in [4.78, 5) is 37.1. The van der Waals surface area contributed by atoms with Gasteiger partial charge in [0.25, 0.3) is 46.4 Å². The number of rotatable bonds is 19. The van der Waals surface area contributed by atoms with E-state index in [2.05, 4.69) is 50.5 Å². The molecule has 7 rings (SSSR count). The molecule has 0 fully saturated rings. The molecule has 0 spiro atoms. The predicted octanol–water partition coefficient (Wildman–Crippen LogP) is 6.23. The molecule has 0 saturated carbocycles. The number of carboxylic acid groups (broad SMARTS) is 1. The lowest BCUT2D eigenvalue weighted by atomic mass is 10.1. The smallest absolute Gasteiger partial charge is 0.337 e. The first kappa shape index (κ1) is 53.3. The van der Waals surface area contributed by atoms with Crippen molar-refractivity contribution in [1.82, 2.24) is 15.0 Å². The number of amides is 1. The van der Waals surface area contributed by atoms with Crippen LogP contribution >= 0.6 is 12.0 Å². The van der Waals surface area contributed by atoms with E-state index >= 15 is 0 Å². The Morgan fingerprint density at radius 2 is 1.44 bits per heavy atom. The van der Waals surface area contributed by atoms with Crippen molar-refractivity contribution >= 4 is 132 Å². The number of hydrogen-bond acceptors (Lipinski definition) is 23. The van der Waals surface area contributed by atoms with Crippen molar-refractivity contribution < 1.29 is 86.3 Å². The van der Waals surface area contributed by atoms with Crippen LogP contribution < -0.4 is 20.9 Å². The number of azo groups is 1. The minimum atomic E-state index is -5.28. The molecule has 0 unspecified atom stereocenters. The molecular weight excluding hydrogens is 1070 g/mol. The molecule has 1 amide bonds. The highest BCUT2D eigenvalue weighted by Gasteiger charge is 2.26. The van der Waals surface area contributed by atoms with Gasteiger partial charge in [-0.1, -0.05) is 41.4 Å². The summed E-state index contributed by atoms with van der Waals surface area (Å²) in [6.45, 7) is -0.316. The summed E-state index contributed by atoms with van der Waals surface area (Å²) in [5.74, 6) is -4.61. The minimum absolute atomic E-state index is 0.0574. The van der Waals surface area contributed by atoms with Crippen molar-refractivity contribution in [2.24, 2.45) is 10.2 Å². The van der Waals surface area contributed by atoms with Gasteiger partial charge in [0.2, 0.25) is 17.8 Å². The summed E-state index contributed by atoms with van der Waals surface area (Å²) >= 11 is 0.136. The van der Waals surface area contributed by atoms with E-state index in [-0.39, 0.29) is 74.6 Å². The van der Waals surface area contributed by atoms with Crippen molar-refractivity contribution in [3.8, 4) is 5.75 Å². The topological polar surface area (TPSA) is 433 Å². The first-order chi connectivity index (χ1) is 34.2. The number of nitrogens with one attached hydrogen (secondary N) is 3. The average molecular weight is 1100 g/mol. The molecule has 0 aliphatic rings. The molecule has 6 aromatic carbocycles. The van der Waals surface area contributed by atoms with Crippen LogP contribution in [0.25, 0.3) is 21.5 Å². The standard InChI is InChI=1S/C40H33N9O19S5/c1-49(14-15-70(55,56)57)40-45-38(44-39(46-40)43-27-10-3-2-8-26(27)37(52)53)41-22-7-4-6-20(16-22)36(51)42-29-19-23(71(58,59)60)17-21-18-30(69-68-67-54)33(34(50)32(21)29)48-47-28-13-12-24-25(35(28)73(64,65)66)9-5-11-31(24)72(61,62)63/h2-13,16-19,50,54H,14-15H2,1H3,(H,42,51)(H,52,53)(H,55,56,57)(H,58,59,60)(H,61,62,63)(H,64,65,66)(H2,41,43,44,45,46)/b48-47+. The van der Waals surface area contributed by atoms with Crippen LogP contribution in [0.4, 0.5) is 46.3 Å². The van der Waals surface area contributed by atoms with Crippen LogP contribution in [0.15, 0.2) is 127 Å². The lowest BCUT2D eigenvalue weighted by Crippen LogP contribution is -2.27. The minimum Gasteiger partial charge on any atom is -0.505 e. The maximum atomic E-state index is 14.1. The fraction of sp³-hybridized carbons (Fsp3) is 0.0750. The van der Waals surface area contributed by atoms with Crippen molar-refractivity contribution in [1.29, 1.82) is 0 Å². The molecule has 0 atom stereocenters. The summed E-state index contributed by atoms with van der Waals surface area (Å²) in [7, 11) is -18.3. The van der Waals surface area contributed by atoms with Crippen LogP contribution in [0.5, 0.6) is 5.75 Å². The molecule has 73 heavy (non-hydrogen) atoms. The third-order valence-electron chi connectivity index (χ3n) is 10.0. The SMILES string of the molecule is CN(CCS(=O)(=O)O)c1nc(Nc2cccc(C(=O)Nc3cc(S(=O)(=O)O)cc4cc(SOOO)c(/N=N/c5ccc6c(S(=O)(=O)O)cccc6c5S(=O)(=O)O)c(O)c34)c2)nc(Nc2ccccc2C(=O)O)n1. The summed E-state index contributed by atoms with van der Waals surface area (Å²) < 4.78 is 142. The van der Waals surface area contributed by atoms with Crippen LogP contribution in [0.2, 0.25) is 0 Å². The molecule has 28 nitrogen and oxygen atoms in total. The number of phenolic OH excluding ortho intramolecular Hbond substituents is 1. The number of aromatic nitrogens is 3. The second-order valence-electron chi connectivity index (χ2n) is 14.9. The Morgan fingerprint density at radius 1 is 0.740 bits per heavy atom. The fourth-order valence-corrected chi connectivity index (χ4v) is 9.93. The normalized spacial score (nSPS) is 12.3. The van der Waals surface area contributed by atoms with Gasteiger partial charge in [0.1, 0.15) is 21.2 Å². The third kappa shape index (κ3) is 12.6. The zero-order chi connectivity index (χ0) is 53.2. The Hall–Kier alpha value is -7.54. The largest absolute Gasteiger partial charge is 0.505 e. The number of carbonyl (C=O) groups is 2. The summed E-state index contributed by atoms with van der Waals surface area (Å²) in [6.07, 6.45) is 0. The molecule has 0 aliphatic carbocycles. The number of nitrogens with zero attached hydrogens (tertiary/aromatic N) is 6. The Balaban J connectivity index is 1.29. The molecule has 0 saturated heterocycles. The molecule has 1 heterocycles. The van der Waals surface area contributed by atoms with Gasteiger partial charge in [-0.05, 0) is 66.0 Å². The van der Waals surface area contributed by atoms with Crippen molar-refractivity contribution in [2.75, 3.05) is 40.2 Å². The van der Waals surface area contributed by atoms with Gasteiger partial charge >= 0.3 is 5.97 Å². The third-order valence-corrected chi connectivity index (χ3v) is 14.0. The Kier molecular flexibility index (Phi) is 15.2. The lowest BCUT2D eigenvalue weighted by molar-refractivity contribution is -0.432. The molecule has 382 valence electrons. The van der Waals surface area contributed by atoms with E-state index in [0.717, 1.165) is 48.5 Å². The van der Waals surface area contributed by atoms with Gasteiger partial charge < -0.3 is 31.1 Å². The Bertz CT molecular complexity index is 3890. The Labute approximate surface area is 415 Å². The number of anilines is 6. The van der Waals surface area contributed by atoms with E-state index in [1.807, 2.05) is 0 Å². The molecule has 7 aromatic rings. The summed E-state index contributed by atoms with van der Waals surface area (Å²) in [5.41, 5.74) is -1.99. The summed E-state index contributed by atoms with van der Waals surface area (Å²) in [5, 5.41) is 48.6. The number of carboxylic acids is 1. The number of benzene rings is 6. The van der Waals surface area contributed by atoms with Gasteiger partial charge in [-0.25, -0.2) is 10.1 Å². The number of aromatic carboxylic acids is 1. The Morgan fingerprint density at radius 3 is 2.10 bits per heavy atom. The van der Waals surface area contributed by atoms with Gasteiger partial charge in [0.15, 0.2) is 5.75 Å². The monoisotopic (exact) mass is 1100 g/mol. The maximum Gasteiger partial charge on any atom is 0.337 e. The van der Waals surface area contributed by atoms with Gasteiger partial charge in [-0.2, -0.15) is 48.6 Å². The van der Waals surface area contributed by atoms with Crippen LogP contribution in [0, 0.1) is 0 Å². The van der Waals surface area contributed by atoms with E-state index in [0.29, 0.717) is 0 Å². The molecule has 10 N–H and O–H groups in total. The van der Waals surface area contributed by atoms with E-state index in [1.54, 1.807) is 0 Å². The average Bonchev–Trinajstić information content (AvgIpc) is 3.30. The highest BCUT2D eigenvalue weighted by Crippen LogP contribution is 2.48. The maximum absolute atomic E-state index is 14.1. The number of para-hydroxylation sites is 1. The van der Waals surface area contributed by atoms with Crippen molar-refractivity contribution in [3.63, 3.8) is 0 Å². The number of fused-ring (bicyclic) bond motifs is 2. The van der Waals surface area contributed by atoms with E-state index in [9.17, 15) is 71.7 Å². The highest BCUT2D eigenvalue weighted by molar-refractivity contribution is 7.94. The van der Waals surface area contributed by atoms with E-state index in [4.69, 9.17) is 5.26 Å². The molecule has 33 heteroatoms. The number of carbonyl (C=O) groups excluding carboxylic acids is 1. The van der Waals surface area contributed by atoms with Gasteiger partial charge in [-0.3, -0.25) is 23.0 Å². The fourth-order valence-electron chi connectivity index (χ4n) is 6.85. The molecule has 0 radical (unpaired) electrons. The molecule has 0 aliphatic heterocycles. The number of phenols is 1. The van der Waals surface area contributed by atoms with Crippen molar-refractivity contribution in [2.45, 2.75) is 19.6 Å². The van der Waals surface area contributed by atoms with Crippen LogP contribution in [0.3, 0.4) is 0 Å². The predicted molar refractivity (Wildman–Crippen MR) is 258 cm³/mol. The second-order valence-corrected chi connectivity index (χ2v) is 21.4. The zero-order valence-electron chi connectivity index (χ0n) is 36.4. The highest BCUT2D eigenvalue weighted by atomic mass is 32.2. The van der Waals surface area contributed by atoms with Crippen LogP contribution in [0.1, 0.15) is 20.7 Å². The first-order valence-corrected chi connectivity index (χ1v) is 26.5. The van der Waals surface area contributed by atoms with Gasteiger partial charge in [0.05, 0.1) is 44.5 Å². The van der Waals surface area contributed by atoms with Crippen LogP contribution in [-0.4, -0.2) is 114 Å². The zero-order valence-corrected chi connectivity index (χ0v) is 40.5. The van der Waals surface area contributed by atoms with Gasteiger partial charge in [-0.15, -0.1) is 14.6 Å².